The summed E-state index contributed by atoms with van der Waals surface area (Å²) in [6.45, 7) is 6.95. The molecule has 0 aliphatic carbocycles. The van der Waals surface area contributed by atoms with E-state index in [9.17, 15) is 4.39 Å². The van der Waals surface area contributed by atoms with Crippen LogP contribution in [0.3, 0.4) is 0 Å². The van der Waals surface area contributed by atoms with Crippen LogP contribution in [-0.2, 0) is 6.54 Å². The molecule has 0 saturated carbocycles. The zero-order valence-corrected chi connectivity index (χ0v) is 13.2. The minimum absolute atomic E-state index is 0.216. The molecular weight excluding hydrogens is 291 g/mol. The molecule has 2 aromatic rings. The van der Waals surface area contributed by atoms with Gasteiger partial charge >= 0.3 is 0 Å². The number of rotatable bonds is 6. The molecule has 0 aliphatic heterocycles. The molecule has 2 rings (SSSR count). The van der Waals surface area contributed by atoms with Crippen molar-refractivity contribution in [1.82, 2.24) is 20.1 Å². The predicted molar refractivity (Wildman–Crippen MR) is 81.8 cm³/mol. The van der Waals surface area contributed by atoms with Crippen molar-refractivity contribution in [3.63, 3.8) is 0 Å². The molecule has 1 N–H and O–H groups in total. The highest BCUT2D eigenvalue weighted by atomic mass is 35.5. The third-order valence-corrected chi connectivity index (χ3v) is 3.38. The molecule has 0 saturated heterocycles. The summed E-state index contributed by atoms with van der Waals surface area (Å²) in [5, 5.41) is 8.34. The van der Waals surface area contributed by atoms with Gasteiger partial charge in [-0.05, 0) is 32.4 Å². The Balaban J connectivity index is 2.45. The second-order valence-corrected chi connectivity index (χ2v) is 5.66. The third kappa shape index (κ3) is 3.80. The lowest BCUT2D eigenvalue weighted by molar-refractivity contribution is 0.471. The Bertz CT molecular complexity index is 580. The number of pyridine rings is 1. The maximum Gasteiger partial charge on any atom is 0.141 e. The lowest BCUT2D eigenvalue weighted by Gasteiger charge is -2.22. The highest BCUT2D eigenvalue weighted by molar-refractivity contribution is 6.31. The molecule has 0 amide bonds. The van der Waals surface area contributed by atoms with E-state index in [2.05, 4.69) is 22.3 Å². The molecule has 0 spiro atoms. The van der Waals surface area contributed by atoms with E-state index in [-0.39, 0.29) is 17.9 Å². The molecular formula is C15H20ClFN4. The average molecular weight is 311 g/mol. The van der Waals surface area contributed by atoms with Crippen LogP contribution in [0.5, 0.6) is 0 Å². The van der Waals surface area contributed by atoms with E-state index >= 15 is 0 Å². The van der Waals surface area contributed by atoms with Gasteiger partial charge in [0.1, 0.15) is 5.82 Å². The minimum atomic E-state index is -0.352. The number of nitrogens with one attached hydrogen (secondary N) is 1. The highest BCUT2D eigenvalue weighted by Gasteiger charge is 2.23. The molecule has 0 radical (unpaired) electrons. The second-order valence-electron chi connectivity index (χ2n) is 5.26. The zero-order chi connectivity index (χ0) is 15.4. The Hall–Kier alpha value is -1.46. The third-order valence-electron chi connectivity index (χ3n) is 3.09. The number of nitrogens with zero attached hydrogens (tertiary/aromatic N) is 3. The highest BCUT2D eigenvalue weighted by Crippen LogP contribution is 2.28. The summed E-state index contributed by atoms with van der Waals surface area (Å²) in [4.78, 5) is 4.19. The van der Waals surface area contributed by atoms with Crippen LogP contribution >= 0.6 is 11.6 Å². The molecule has 1 unspecified atom stereocenters. The van der Waals surface area contributed by atoms with E-state index in [1.165, 1.54) is 12.3 Å². The summed E-state index contributed by atoms with van der Waals surface area (Å²) >= 11 is 6.31. The maximum absolute atomic E-state index is 13.1. The number of aryl methyl sites for hydroxylation is 1. The normalized spacial score (nSPS) is 12.9. The zero-order valence-electron chi connectivity index (χ0n) is 12.5. The van der Waals surface area contributed by atoms with Gasteiger partial charge in [0, 0.05) is 12.6 Å². The van der Waals surface area contributed by atoms with Crippen LogP contribution in [0.15, 0.2) is 24.5 Å². The Kier molecular flexibility index (Phi) is 5.31. The average Bonchev–Trinajstić information content (AvgIpc) is 2.79. The fourth-order valence-corrected chi connectivity index (χ4v) is 2.49. The Morgan fingerprint density at radius 1 is 1.33 bits per heavy atom. The quantitative estimate of drug-likeness (QED) is 0.887. The van der Waals surface area contributed by atoms with Gasteiger partial charge in [0.25, 0.3) is 0 Å². The van der Waals surface area contributed by atoms with Crippen molar-refractivity contribution in [3.8, 4) is 0 Å². The van der Waals surface area contributed by atoms with E-state index in [1.807, 2.05) is 18.5 Å². The van der Waals surface area contributed by atoms with Crippen LogP contribution in [0.1, 0.15) is 44.6 Å². The Morgan fingerprint density at radius 3 is 2.67 bits per heavy atom. The predicted octanol–water partition coefficient (Wildman–Crippen LogP) is 3.57. The number of hydrogen-bond donors (Lipinski definition) is 1. The Labute approximate surface area is 129 Å². The monoisotopic (exact) mass is 310 g/mol. The molecule has 0 aromatic carbocycles. The van der Waals surface area contributed by atoms with E-state index in [0.29, 0.717) is 5.02 Å². The van der Waals surface area contributed by atoms with Crippen LogP contribution < -0.4 is 5.32 Å². The molecule has 21 heavy (non-hydrogen) atoms. The van der Waals surface area contributed by atoms with Gasteiger partial charge in [-0.3, -0.25) is 9.67 Å². The van der Waals surface area contributed by atoms with Gasteiger partial charge in [-0.25, -0.2) is 4.39 Å². The van der Waals surface area contributed by atoms with Gasteiger partial charge in [-0.15, -0.1) is 0 Å². The van der Waals surface area contributed by atoms with Crippen LogP contribution in [0.2, 0.25) is 5.02 Å². The van der Waals surface area contributed by atoms with Crippen LogP contribution in [0.4, 0.5) is 4.39 Å². The van der Waals surface area contributed by atoms with E-state index in [4.69, 9.17) is 11.6 Å². The topological polar surface area (TPSA) is 42.7 Å². The Morgan fingerprint density at radius 2 is 2.10 bits per heavy atom. The fourth-order valence-electron chi connectivity index (χ4n) is 2.24. The van der Waals surface area contributed by atoms with Gasteiger partial charge in [0.15, 0.2) is 0 Å². The lowest BCUT2D eigenvalue weighted by Crippen LogP contribution is -2.31. The molecule has 114 valence electrons. The minimum Gasteiger partial charge on any atom is -0.301 e. The first kappa shape index (κ1) is 15.9. The van der Waals surface area contributed by atoms with Crippen molar-refractivity contribution in [2.75, 3.05) is 0 Å². The van der Waals surface area contributed by atoms with Crippen molar-refractivity contribution in [3.05, 3.63) is 46.8 Å². The largest absolute Gasteiger partial charge is 0.301 e. The molecule has 0 bridgehead atoms. The number of halogens is 2. The van der Waals surface area contributed by atoms with Gasteiger partial charge in [-0.1, -0.05) is 18.5 Å². The first-order valence-electron chi connectivity index (χ1n) is 7.11. The van der Waals surface area contributed by atoms with Crippen LogP contribution in [0.25, 0.3) is 0 Å². The summed E-state index contributed by atoms with van der Waals surface area (Å²) in [6.07, 6.45) is 3.82. The smallest absolute Gasteiger partial charge is 0.141 e. The molecule has 6 heteroatoms. The maximum atomic E-state index is 13.1. The van der Waals surface area contributed by atoms with Crippen molar-refractivity contribution >= 4 is 11.6 Å². The lowest BCUT2D eigenvalue weighted by atomic mass is 10.1. The number of aromatic nitrogens is 3. The van der Waals surface area contributed by atoms with Gasteiger partial charge < -0.3 is 5.32 Å². The van der Waals surface area contributed by atoms with Crippen molar-refractivity contribution in [2.45, 2.75) is 45.8 Å². The van der Waals surface area contributed by atoms with Crippen molar-refractivity contribution < 1.29 is 4.39 Å². The summed E-state index contributed by atoms with van der Waals surface area (Å²) in [5.74, 6) is -0.352. The fraction of sp³-hybridized carbons (Fsp3) is 0.467. The van der Waals surface area contributed by atoms with E-state index in [1.54, 1.807) is 12.3 Å². The summed E-state index contributed by atoms with van der Waals surface area (Å²) in [6, 6.07) is 3.09. The summed E-state index contributed by atoms with van der Waals surface area (Å²) in [7, 11) is 0. The van der Waals surface area contributed by atoms with Gasteiger partial charge in [0.2, 0.25) is 0 Å². The SMILES string of the molecule is CCCn1ncc(Cl)c1C(NC(C)C)c1ccc(F)cn1. The van der Waals surface area contributed by atoms with Crippen molar-refractivity contribution in [2.24, 2.45) is 0 Å². The molecule has 0 fully saturated rings. The summed E-state index contributed by atoms with van der Waals surface area (Å²) < 4.78 is 15.0. The molecule has 2 heterocycles. The second kappa shape index (κ2) is 7.00. The van der Waals surface area contributed by atoms with Gasteiger partial charge in [0.05, 0.1) is 34.8 Å². The first-order chi connectivity index (χ1) is 10.0. The molecule has 2 aromatic heterocycles. The molecule has 4 nitrogen and oxygen atoms in total. The van der Waals surface area contributed by atoms with Crippen LogP contribution in [0, 0.1) is 5.82 Å². The van der Waals surface area contributed by atoms with Crippen LogP contribution in [-0.4, -0.2) is 20.8 Å². The summed E-state index contributed by atoms with van der Waals surface area (Å²) in [5.41, 5.74) is 1.59. The molecule has 1 atom stereocenters. The van der Waals surface area contributed by atoms with E-state index < -0.39 is 0 Å². The first-order valence-corrected chi connectivity index (χ1v) is 7.49. The standard InChI is InChI=1S/C15H20ClFN4/c1-4-7-21-15(12(16)9-19-21)14(20-10(2)3)13-6-5-11(17)8-18-13/h5-6,8-10,14,20H,4,7H2,1-3H3. The number of hydrogen-bond acceptors (Lipinski definition) is 3. The van der Waals surface area contributed by atoms with Gasteiger partial charge in [-0.2, -0.15) is 5.10 Å². The van der Waals surface area contributed by atoms with E-state index in [0.717, 1.165) is 24.4 Å². The van der Waals surface area contributed by atoms with Crippen molar-refractivity contribution in [1.29, 1.82) is 0 Å². The molecule has 0 aliphatic rings.